The highest BCUT2D eigenvalue weighted by Gasteiger charge is 2.01. The molecule has 0 aromatic heterocycles. The highest BCUT2D eigenvalue weighted by atomic mass is 15.0. The second-order valence-corrected chi connectivity index (χ2v) is 4.55. The van der Waals surface area contributed by atoms with Crippen LogP contribution in [0.5, 0.6) is 0 Å². The lowest BCUT2D eigenvalue weighted by Crippen LogP contribution is -2.13. The molecule has 0 saturated heterocycles. The van der Waals surface area contributed by atoms with E-state index in [0.29, 0.717) is 0 Å². The quantitative estimate of drug-likeness (QED) is 0.523. The Hall–Kier alpha value is -0.0400. The third kappa shape index (κ3) is 9.88. The van der Waals surface area contributed by atoms with Crippen LogP contribution in [0.4, 0.5) is 0 Å². The van der Waals surface area contributed by atoms with Crippen molar-refractivity contribution < 1.29 is 0 Å². The Balaban J connectivity index is 3.15. The van der Waals surface area contributed by atoms with Gasteiger partial charge in [0.15, 0.2) is 0 Å². The van der Waals surface area contributed by atoms with E-state index in [1.807, 2.05) is 0 Å². The summed E-state index contributed by atoms with van der Waals surface area (Å²) in [6, 6.07) is 0. The lowest BCUT2D eigenvalue weighted by molar-refractivity contribution is 0.362. The first kappa shape index (κ1) is 13.0. The van der Waals surface area contributed by atoms with Crippen molar-refractivity contribution in [2.75, 3.05) is 20.6 Å². The van der Waals surface area contributed by atoms with Gasteiger partial charge in [0, 0.05) is 0 Å². The largest absolute Gasteiger partial charge is 0.309 e. The molecule has 0 amide bonds. The zero-order valence-corrected chi connectivity index (χ0v) is 9.97. The molecule has 0 aliphatic rings. The first-order chi connectivity index (χ1) is 6.16. The molecule has 0 aromatic carbocycles. The highest BCUT2D eigenvalue weighted by Crippen LogP contribution is 2.14. The molecular weight excluding hydrogens is 158 g/mol. The van der Waals surface area contributed by atoms with Gasteiger partial charge in [-0.25, -0.2) is 0 Å². The summed E-state index contributed by atoms with van der Waals surface area (Å²) >= 11 is 0. The van der Waals surface area contributed by atoms with Crippen LogP contribution in [0.2, 0.25) is 0 Å². The molecule has 1 atom stereocenters. The molecule has 0 N–H and O–H groups in total. The maximum atomic E-state index is 2.39. The summed E-state index contributed by atoms with van der Waals surface area (Å²) in [6.07, 6.45) is 8.39. The Bertz CT molecular complexity index is 99.3. The maximum absolute atomic E-state index is 2.39. The summed E-state index contributed by atoms with van der Waals surface area (Å²) in [5, 5.41) is 0. The molecule has 0 saturated carbocycles. The smallest absolute Gasteiger partial charge is 0.00247 e. The number of unbranched alkanes of at least 4 members (excludes halogenated alkanes) is 2. The van der Waals surface area contributed by atoms with Gasteiger partial charge >= 0.3 is 0 Å². The van der Waals surface area contributed by atoms with Gasteiger partial charge in [0.05, 0.1) is 0 Å². The fourth-order valence-electron chi connectivity index (χ4n) is 1.64. The van der Waals surface area contributed by atoms with Gasteiger partial charge < -0.3 is 4.90 Å². The first-order valence-electron chi connectivity index (χ1n) is 5.81. The molecule has 0 heterocycles. The molecule has 0 rings (SSSR count). The van der Waals surface area contributed by atoms with Crippen LogP contribution in [-0.4, -0.2) is 25.5 Å². The minimum absolute atomic E-state index is 0.937. The average molecular weight is 185 g/mol. The second-order valence-electron chi connectivity index (χ2n) is 4.55. The van der Waals surface area contributed by atoms with Crippen molar-refractivity contribution in [1.29, 1.82) is 0 Å². The van der Waals surface area contributed by atoms with Gasteiger partial charge in [0.2, 0.25) is 0 Å². The van der Waals surface area contributed by atoms with Gasteiger partial charge in [0.25, 0.3) is 0 Å². The zero-order valence-electron chi connectivity index (χ0n) is 9.97. The van der Waals surface area contributed by atoms with Gasteiger partial charge in [0.1, 0.15) is 0 Å². The van der Waals surface area contributed by atoms with E-state index in [0.717, 1.165) is 5.92 Å². The Kier molecular flexibility index (Phi) is 8.53. The molecule has 0 aliphatic heterocycles. The van der Waals surface area contributed by atoms with Gasteiger partial charge in [-0.2, -0.15) is 0 Å². The van der Waals surface area contributed by atoms with Gasteiger partial charge in [-0.3, -0.25) is 0 Å². The van der Waals surface area contributed by atoms with Crippen molar-refractivity contribution in [2.45, 2.75) is 52.4 Å². The summed E-state index contributed by atoms with van der Waals surface area (Å²) in [7, 11) is 4.31. The number of hydrogen-bond acceptors (Lipinski definition) is 1. The Morgan fingerprint density at radius 2 is 1.62 bits per heavy atom. The maximum Gasteiger partial charge on any atom is -0.00247 e. The third-order valence-corrected chi connectivity index (χ3v) is 2.60. The van der Waals surface area contributed by atoms with Crippen LogP contribution in [-0.2, 0) is 0 Å². The SMILES string of the molecule is CCCCCC(C)CCCN(C)C. The lowest BCUT2D eigenvalue weighted by atomic mass is 9.98. The van der Waals surface area contributed by atoms with Crippen molar-refractivity contribution in [3.8, 4) is 0 Å². The van der Waals surface area contributed by atoms with E-state index >= 15 is 0 Å². The van der Waals surface area contributed by atoms with Crippen LogP contribution in [0, 0.1) is 5.92 Å². The lowest BCUT2D eigenvalue weighted by Gasteiger charge is -2.13. The summed E-state index contributed by atoms with van der Waals surface area (Å²) in [4.78, 5) is 2.28. The monoisotopic (exact) mass is 185 g/mol. The summed E-state index contributed by atoms with van der Waals surface area (Å²) < 4.78 is 0. The van der Waals surface area contributed by atoms with E-state index in [1.165, 1.54) is 45.1 Å². The molecule has 1 unspecified atom stereocenters. The normalized spacial score (nSPS) is 13.6. The molecule has 0 aliphatic carbocycles. The molecule has 0 radical (unpaired) electrons. The molecule has 0 spiro atoms. The molecule has 0 bridgehead atoms. The highest BCUT2D eigenvalue weighted by molar-refractivity contribution is 4.55. The molecule has 13 heavy (non-hydrogen) atoms. The molecule has 1 heteroatoms. The number of rotatable bonds is 8. The van der Waals surface area contributed by atoms with Crippen LogP contribution in [0.1, 0.15) is 52.4 Å². The summed E-state index contributed by atoms with van der Waals surface area (Å²) in [6.45, 7) is 5.92. The third-order valence-electron chi connectivity index (χ3n) is 2.60. The summed E-state index contributed by atoms with van der Waals surface area (Å²) in [5.41, 5.74) is 0. The Labute approximate surface area is 84.5 Å². The molecule has 80 valence electrons. The number of nitrogens with zero attached hydrogens (tertiary/aromatic N) is 1. The minimum Gasteiger partial charge on any atom is -0.309 e. The van der Waals surface area contributed by atoms with Crippen molar-refractivity contribution in [3.63, 3.8) is 0 Å². The minimum atomic E-state index is 0.937. The second kappa shape index (κ2) is 8.55. The van der Waals surface area contributed by atoms with Crippen LogP contribution in [0.25, 0.3) is 0 Å². The van der Waals surface area contributed by atoms with Gasteiger partial charge in [-0.1, -0.05) is 39.5 Å². The molecule has 0 fully saturated rings. The fraction of sp³-hybridized carbons (Fsp3) is 1.00. The first-order valence-corrected chi connectivity index (χ1v) is 5.81. The number of hydrogen-bond donors (Lipinski definition) is 0. The van der Waals surface area contributed by atoms with Crippen molar-refractivity contribution in [1.82, 2.24) is 4.90 Å². The van der Waals surface area contributed by atoms with Crippen molar-refractivity contribution in [2.24, 2.45) is 5.92 Å². The Morgan fingerprint density at radius 1 is 1.00 bits per heavy atom. The van der Waals surface area contributed by atoms with Crippen LogP contribution in [0.3, 0.4) is 0 Å². The molecule has 0 aromatic rings. The van der Waals surface area contributed by atoms with Crippen LogP contribution >= 0.6 is 0 Å². The van der Waals surface area contributed by atoms with E-state index in [9.17, 15) is 0 Å². The predicted molar refractivity (Wildman–Crippen MR) is 61.1 cm³/mol. The Morgan fingerprint density at radius 3 is 2.15 bits per heavy atom. The van der Waals surface area contributed by atoms with Gasteiger partial charge in [-0.15, -0.1) is 0 Å². The standard InChI is InChI=1S/C12H27N/c1-5-6-7-9-12(2)10-8-11-13(3)4/h12H,5-11H2,1-4H3. The van der Waals surface area contributed by atoms with E-state index in [2.05, 4.69) is 32.8 Å². The fourth-order valence-corrected chi connectivity index (χ4v) is 1.64. The average Bonchev–Trinajstić information content (AvgIpc) is 2.04. The zero-order chi connectivity index (χ0) is 10.1. The van der Waals surface area contributed by atoms with Crippen LogP contribution in [0.15, 0.2) is 0 Å². The van der Waals surface area contributed by atoms with E-state index in [-0.39, 0.29) is 0 Å². The topological polar surface area (TPSA) is 3.24 Å². The van der Waals surface area contributed by atoms with Crippen molar-refractivity contribution >= 4 is 0 Å². The van der Waals surface area contributed by atoms with Crippen LogP contribution < -0.4 is 0 Å². The summed E-state index contributed by atoms with van der Waals surface area (Å²) in [5.74, 6) is 0.937. The van der Waals surface area contributed by atoms with Crippen molar-refractivity contribution in [3.05, 3.63) is 0 Å². The van der Waals surface area contributed by atoms with Gasteiger partial charge in [-0.05, 0) is 39.4 Å². The predicted octanol–water partition coefficient (Wildman–Crippen LogP) is 3.54. The van der Waals surface area contributed by atoms with E-state index in [1.54, 1.807) is 0 Å². The van der Waals surface area contributed by atoms with E-state index < -0.39 is 0 Å². The molecule has 1 nitrogen and oxygen atoms in total. The van der Waals surface area contributed by atoms with E-state index in [4.69, 9.17) is 0 Å². The molecular formula is C12H27N.